The van der Waals surface area contributed by atoms with Crippen molar-refractivity contribution >= 4 is 16.8 Å². The molecule has 0 saturated carbocycles. The van der Waals surface area contributed by atoms with Gasteiger partial charge in [0.25, 0.3) is 0 Å². The Balaban J connectivity index is 1.31. The average Bonchev–Trinajstić information content (AvgIpc) is 3.08. The lowest BCUT2D eigenvalue weighted by atomic mass is 10.1. The van der Waals surface area contributed by atoms with E-state index in [-0.39, 0.29) is 5.91 Å². The third-order valence-electron chi connectivity index (χ3n) is 5.93. The molecule has 1 amide bonds. The highest BCUT2D eigenvalue weighted by atomic mass is 16.5. The number of hydrogen-bond acceptors (Lipinski definition) is 3. The van der Waals surface area contributed by atoms with Gasteiger partial charge in [0.15, 0.2) is 0 Å². The molecule has 5 nitrogen and oxygen atoms in total. The second-order valence-corrected chi connectivity index (χ2v) is 7.74. The smallest absolute Gasteiger partial charge is 0.222 e. The molecule has 29 heavy (non-hydrogen) atoms. The Morgan fingerprint density at radius 3 is 2.55 bits per heavy atom. The highest BCUT2D eigenvalue weighted by Crippen LogP contribution is 2.24. The maximum Gasteiger partial charge on any atom is 0.222 e. The lowest BCUT2D eigenvalue weighted by Crippen LogP contribution is -2.48. The largest absolute Gasteiger partial charge is 0.496 e. The van der Waals surface area contributed by atoms with Crippen molar-refractivity contribution in [2.45, 2.75) is 26.3 Å². The fourth-order valence-electron chi connectivity index (χ4n) is 4.23. The van der Waals surface area contributed by atoms with Gasteiger partial charge in [0.05, 0.1) is 7.11 Å². The Bertz CT molecular complexity index is 987. The van der Waals surface area contributed by atoms with Crippen LogP contribution in [-0.4, -0.2) is 54.0 Å². The first-order valence-corrected chi connectivity index (χ1v) is 10.3. The number of carbonyl (C=O) groups is 1. The quantitative estimate of drug-likeness (QED) is 0.696. The molecule has 0 unspecified atom stereocenters. The van der Waals surface area contributed by atoms with E-state index in [0.717, 1.165) is 50.5 Å². The second kappa shape index (κ2) is 8.70. The molecule has 1 fully saturated rings. The van der Waals surface area contributed by atoms with Gasteiger partial charge >= 0.3 is 0 Å². The van der Waals surface area contributed by atoms with Gasteiger partial charge in [0, 0.05) is 55.7 Å². The molecule has 0 spiro atoms. The van der Waals surface area contributed by atoms with Crippen LogP contribution in [0.1, 0.15) is 23.2 Å². The summed E-state index contributed by atoms with van der Waals surface area (Å²) in [6.07, 6.45) is 1.25. The van der Waals surface area contributed by atoms with Crippen molar-refractivity contribution in [2.24, 2.45) is 0 Å². The minimum Gasteiger partial charge on any atom is -0.496 e. The predicted molar refractivity (Wildman–Crippen MR) is 116 cm³/mol. The van der Waals surface area contributed by atoms with Crippen molar-refractivity contribution in [3.05, 3.63) is 65.4 Å². The van der Waals surface area contributed by atoms with E-state index >= 15 is 0 Å². The van der Waals surface area contributed by atoms with E-state index in [1.54, 1.807) is 7.11 Å². The van der Waals surface area contributed by atoms with Crippen LogP contribution < -0.4 is 4.74 Å². The number of hydrogen-bond donors (Lipinski definition) is 1. The molecule has 5 heteroatoms. The minimum absolute atomic E-state index is 0.235. The number of aromatic amines is 1. The number of nitrogens with one attached hydrogen (secondary N) is 1. The number of methoxy groups -OCH3 is 1. The first-order valence-electron chi connectivity index (χ1n) is 10.3. The van der Waals surface area contributed by atoms with E-state index in [9.17, 15) is 4.79 Å². The number of nitrogens with zero attached hydrogens (tertiary/aromatic N) is 2. The summed E-state index contributed by atoms with van der Waals surface area (Å²) in [5, 5.41) is 1.31. The number of fused-ring (bicyclic) bond motifs is 1. The lowest BCUT2D eigenvalue weighted by molar-refractivity contribution is -0.133. The summed E-state index contributed by atoms with van der Waals surface area (Å²) in [5.41, 5.74) is 4.90. The van der Waals surface area contributed by atoms with Gasteiger partial charge in [-0.05, 0) is 36.6 Å². The number of piperazine rings is 1. The normalized spacial score (nSPS) is 15.0. The molecule has 2 aromatic carbocycles. The van der Waals surface area contributed by atoms with Crippen molar-refractivity contribution in [3.8, 4) is 5.75 Å². The van der Waals surface area contributed by atoms with Crippen LogP contribution in [-0.2, 0) is 17.8 Å². The minimum atomic E-state index is 0.235. The Hall–Kier alpha value is -2.79. The monoisotopic (exact) mass is 391 g/mol. The maximum atomic E-state index is 12.7. The summed E-state index contributed by atoms with van der Waals surface area (Å²) < 4.78 is 5.39. The molecule has 0 radical (unpaired) electrons. The first kappa shape index (κ1) is 19.5. The SMILES string of the molecule is COc1ccccc1CCC(=O)N1CCN(Cc2c(C)[nH]c3ccccc23)CC1. The Morgan fingerprint density at radius 1 is 1.03 bits per heavy atom. The molecule has 1 aliphatic heterocycles. The van der Waals surface area contributed by atoms with E-state index in [4.69, 9.17) is 4.74 Å². The van der Waals surface area contributed by atoms with Crippen LogP contribution >= 0.6 is 0 Å². The van der Waals surface area contributed by atoms with Crippen LogP contribution in [0.2, 0.25) is 0 Å². The number of carbonyl (C=O) groups excluding carboxylic acids is 1. The van der Waals surface area contributed by atoms with E-state index < -0.39 is 0 Å². The Labute approximate surface area is 172 Å². The fraction of sp³-hybridized carbons (Fsp3) is 0.375. The number of rotatable bonds is 6. The third kappa shape index (κ3) is 4.30. The van der Waals surface area contributed by atoms with Crippen LogP contribution in [0.5, 0.6) is 5.75 Å². The third-order valence-corrected chi connectivity index (χ3v) is 5.93. The average molecular weight is 392 g/mol. The molecule has 1 N–H and O–H groups in total. The van der Waals surface area contributed by atoms with Gasteiger partial charge in [-0.1, -0.05) is 36.4 Å². The zero-order chi connectivity index (χ0) is 20.2. The molecule has 0 bridgehead atoms. The summed E-state index contributed by atoms with van der Waals surface area (Å²) in [5.74, 6) is 1.10. The van der Waals surface area contributed by atoms with Gasteiger partial charge in [0.1, 0.15) is 5.75 Å². The van der Waals surface area contributed by atoms with Crippen molar-refractivity contribution in [1.82, 2.24) is 14.8 Å². The van der Waals surface area contributed by atoms with Gasteiger partial charge in [-0.15, -0.1) is 0 Å². The Morgan fingerprint density at radius 2 is 1.76 bits per heavy atom. The van der Waals surface area contributed by atoms with E-state index in [0.29, 0.717) is 6.42 Å². The van der Waals surface area contributed by atoms with Gasteiger partial charge in [0.2, 0.25) is 5.91 Å². The summed E-state index contributed by atoms with van der Waals surface area (Å²) in [4.78, 5) is 20.6. The molecule has 0 atom stereocenters. The van der Waals surface area contributed by atoms with Crippen molar-refractivity contribution in [2.75, 3.05) is 33.3 Å². The summed E-state index contributed by atoms with van der Waals surface area (Å²) in [7, 11) is 1.68. The number of para-hydroxylation sites is 2. The molecule has 1 saturated heterocycles. The van der Waals surface area contributed by atoms with E-state index in [2.05, 4.69) is 41.1 Å². The zero-order valence-corrected chi connectivity index (χ0v) is 17.3. The molecular weight excluding hydrogens is 362 g/mol. The van der Waals surface area contributed by atoms with Crippen LogP contribution in [0, 0.1) is 6.92 Å². The number of aryl methyl sites for hydroxylation is 2. The van der Waals surface area contributed by atoms with Gasteiger partial charge in [-0.25, -0.2) is 0 Å². The van der Waals surface area contributed by atoms with E-state index in [1.807, 2.05) is 29.2 Å². The lowest BCUT2D eigenvalue weighted by Gasteiger charge is -2.35. The topological polar surface area (TPSA) is 48.6 Å². The standard InChI is InChI=1S/C24H29N3O2/c1-18-21(20-8-4-5-9-22(20)25-18)17-26-13-15-27(16-14-26)24(28)12-11-19-7-3-6-10-23(19)29-2/h3-10,25H,11-17H2,1-2H3. The number of ether oxygens (including phenoxy) is 1. The van der Waals surface area contributed by atoms with Gasteiger partial charge in [-0.2, -0.15) is 0 Å². The van der Waals surface area contributed by atoms with Crippen molar-refractivity contribution in [1.29, 1.82) is 0 Å². The highest BCUT2D eigenvalue weighted by molar-refractivity contribution is 5.84. The van der Waals surface area contributed by atoms with Crippen LogP contribution in [0.15, 0.2) is 48.5 Å². The molecule has 0 aliphatic carbocycles. The number of amides is 1. The van der Waals surface area contributed by atoms with Crippen LogP contribution in [0.25, 0.3) is 10.9 Å². The molecule has 3 aromatic rings. The predicted octanol–water partition coefficient (Wildman–Crippen LogP) is 3.76. The molecule has 152 valence electrons. The fourth-order valence-corrected chi connectivity index (χ4v) is 4.23. The number of benzene rings is 2. The summed E-state index contributed by atoms with van der Waals surface area (Å²) in [6.45, 7) is 6.50. The molecule has 1 aliphatic rings. The number of aromatic nitrogens is 1. The second-order valence-electron chi connectivity index (χ2n) is 7.74. The van der Waals surface area contributed by atoms with Crippen molar-refractivity contribution in [3.63, 3.8) is 0 Å². The molecule has 2 heterocycles. The van der Waals surface area contributed by atoms with Gasteiger partial charge < -0.3 is 14.6 Å². The summed E-state index contributed by atoms with van der Waals surface area (Å²) in [6, 6.07) is 16.4. The van der Waals surface area contributed by atoms with Crippen molar-refractivity contribution < 1.29 is 9.53 Å². The highest BCUT2D eigenvalue weighted by Gasteiger charge is 2.22. The molecule has 4 rings (SSSR count). The summed E-state index contributed by atoms with van der Waals surface area (Å²) >= 11 is 0. The maximum absolute atomic E-state index is 12.7. The van der Waals surface area contributed by atoms with Crippen LogP contribution in [0.4, 0.5) is 0 Å². The zero-order valence-electron chi connectivity index (χ0n) is 17.3. The van der Waals surface area contributed by atoms with E-state index in [1.165, 1.54) is 22.2 Å². The first-order chi connectivity index (χ1) is 14.2. The van der Waals surface area contributed by atoms with Crippen LogP contribution in [0.3, 0.4) is 0 Å². The molecule has 1 aromatic heterocycles. The Kier molecular flexibility index (Phi) is 5.86. The van der Waals surface area contributed by atoms with Gasteiger partial charge in [-0.3, -0.25) is 9.69 Å². The molecular formula is C24H29N3O2. The number of H-pyrrole nitrogens is 1.